The van der Waals surface area contributed by atoms with Gasteiger partial charge >= 0.3 is 11.9 Å². The number of aromatic amines is 1. The zero-order chi connectivity index (χ0) is 19.7. The Bertz CT molecular complexity index is 687. The predicted molar refractivity (Wildman–Crippen MR) is 84.3 cm³/mol. The van der Waals surface area contributed by atoms with E-state index < -0.39 is 57.1 Å². The zero-order valence-electron chi connectivity index (χ0n) is 14.2. The van der Waals surface area contributed by atoms with E-state index in [2.05, 4.69) is 4.98 Å². The Kier molecular flexibility index (Phi) is 5.21. The molecule has 0 atom stereocenters. The van der Waals surface area contributed by atoms with Gasteiger partial charge in [0.05, 0.1) is 0 Å². The Morgan fingerprint density at radius 3 is 1.36 bits per heavy atom. The largest absolute Gasteiger partial charge is 0.477 e. The van der Waals surface area contributed by atoms with Crippen LogP contribution in [0.2, 0.25) is 0 Å². The van der Waals surface area contributed by atoms with Gasteiger partial charge in [0.15, 0.2) is 0 Å². The molecule has 0 spiro atoms. The zero-order valence-corrected chi connectivity index (χ0v) is 14.2. The van der Waals surface area contributed by atoms with Gasteiger partial charge < -0.3 is 15.2 Å². The second-order valence-electron chi connectivity index (χ2n) is 6.94. The molecule has 11 nitrogen and oxygen atoms in total. The second-order valence-corrected chi connectivity index (χ2v) is 6.94. The SMILES string of the molecule is CC(C)(Cc1c(C(=O)O)[nH]c(C(=O)O)c1CC(C)(C)[N+](=O)[O-])[N+](=O)[O-]. The van der Waals surface area contributed by atoms with Crippen molar-refractivity contribution in [2.45, 2.75) is 51.6 Å². The second kappa shape index (κ2) is 6.49. The minimum absolute atomic E-state index is 0.110. The van der Waals surface area contributed by atoms with Crippen molar-refractivity contribution in [3.05, 3.63) is 42.7 Å². The maximum atomic E-state index is 11.4. The molecule has 11 heteroatoms. The maximum absolute atomic E-state index is 11.4. The highest BCUT2D eigenvalue weighted by atomic mass is 16.6. The topological polar surface area (TPSA) is 177 Å². The van der Waals surface area contributed by atoms with Gasteiger partial charge in [-0.25, -0.2) is 9.59 Å². The Balaban J connectivity index is 3.65. The van der Waals surface area contributed by atoms with Gasteiger partial charge in [0.2, 0.25) is 11.1 Å². The first-order chi connectivity index (χ1) is 11.2. The molecular weight excluding hydrogens is 338 g/mol. The number of H-pyrrole nitrogens is 1. The lowest BCUT2D eigenvalue weighted by Gasteiger charge is -2.19. The number of hydrogen-bond donors (Lipinski definition) is 3. The number of hydrogen-bond acceptors (Lipinski definition) is 6. The van der Waals surface area contributed by atoms with Crippen LogP contribution in [0.4, 0.5) is 0 Å². The summed E-state index contributed by atoms with van der Waals surface area (Å²) < 4.78 is 0. The van der Waals surface area contributed by atoms with Crippen molar-refractivity contribution in [3.63, 3.8) is 0 Å². The van der Waals surface area contributed by atoms with Gasteiger partial charge in [0.1, 0.15) is 11.4 Å². The standard InChI is InChI=1S/C14H19N3O8/c1-13(2,16(22)23)5-7-8(6-14(3,4)17(24)25)10(12(20)21)15-9(7)11(18)19/h15H,5-6H2,1-4H3,(H,18,19)(H,20,21). The first-order valence-electron chi connectivity index (χ1n) is 7.20. The van der Waals surface area contributed by atoms with E-state index in [1.807, 2.05) is 0 Å². The third-order valence-corrected chi connectivity index (χ3v) is 3.85. The van der Waals surface area contributed by atoms with Crippen LogP contribution in [0.5, 0.6) is 0 Å². The van der Waals surface area contributed by atoms with Crippen molar-refractivity contribution >= 4 is 11.9 Å². The third-order valence-electron chi connectivity index (χ3n) is 3.85. The number of nitrogens with one attached hydrogen (secondary N) is 1. The fourth-order valence-corrected chi connectivity index (χ4v) is 2.33. The number of aromatic nitrogens is 1. The van der Waals surface area contributed by atoms with Crippen molar-refractivity contribution in [1.82, 2.24) is 4.98 Å². The van der Waals surface area contributed by atoms with Gasteiger partial charge in [0, 0.05) is 50.4 Å². The number of rotatable bonds is 8. The number of nitrogens with zero attached hydrogens (tertiary/aromatic N) is 2. The van der Waals surface area contributed by atoms with Crippen LogP contribution < -0.4 is 0 Å². The molecule has 0 saturated heterocycles. The van der Waals surface area contributed by atoms with Crippen LogP contribution >= 0.6 is 0 Å². The van der Waals surface area contributed by atoms with Crippen molar-refractivity contribution in [1.29, 1.82) is 0 Å². The van der Waals surface area contributed by atoms with Gasteiger partial charge in [-0.05, 0) is 11.1 Å². The average molecular weight is 357 g/mol. The van der Waals surface area contributed by atoms with Crippen LogP contribution in [0.1, 0.15) is 59.8 Å². The number of nitro groups is 2. The average Bonchev–Trinajstić information content (AvgIpc) is 2.76. The van der Waals surface area contributed by atoms with Gasteiger partial charge in [-0.2, -0.15) is 0 Å². The maximum Gasteiger partial charge on any atom is 0.352 e. The molecule has 1 aromatic rings. The van der Waals surface area contributed by atoms with E-state index >= 15 is 0 Å². The molecular formula is C14H19N3O8. The van der Waals surface area contributed by atoms with Crippen LogP contribution in [-0.2, 0) is 12.8 Å². The summed E-state index contributed by atoms with van der Waals surface area (Å²) in [6.45, 7) is 5.03. The van der Waals surface area contributed by atoms with E-state index in [-0.39, 0.29) is 11.1 Å². The molecule has 0 aromatic carbocycles. The number of carboxylic acids is 2. The first-order valence-corrected chi connectivity index (χ1v) is 7.20. The summed E-state index contributed by atoms with van der Waals surface area (Å²) in [5.74, 6) is -3.00. The minimum Gasteiger partial charge on any atom is -0.477 e. The van der Waals surface area contributed by atoms with Crippen molar-refractivity contribution in [2.24, 2.45) is 0 Å². The highest BCUT2D eigenvalue weighted by Crippen LogP contribution is 2.29. The predicted octanol–water partition coefficient (Wildman–Crippen LogP) is 1.61. The van der Waals surface area contributed by atoms with Crippen molar-refractivity contribution in [3.8, 4) is 0 Å². The molecule has 0 aliphatic carbocycles. The van der Waals surface area contributed by atoms with Gasteiger partial charge in [-0.15, -0.1) is 0 Å². The van der Waals surface area contributed by atoms with Crippen LogP contribution in [-0.4, -0.2) is 48.1 Å². The summed E-state index contributed by atoms with van der Waals surface area (Å²) in [6.07, 6.45) is -0.789. The highest BCUT2D eigenvalue weighted by molar-refractivity contribution is 5.94. The summed E-state index contributed by atoms with van der Waals surface area (Å²) in [6, 6.07) is 0. The summed E-state index contributed by atoms with van der Waals surface area (Å²) in [5, 5.41) is 41.0. The van der Waals surface area contributed by atoms with E-state index in [9.17, 15) is 40.0 Å². The quantitative estimate of drug-likeness (QED) is 0.464. The summed E-state index contributed by atoms with van der Waals surface area (Å²) in [4.78, 5) is 46.2. The lowest BCUT2D eigenvalue weighted by Crippen LogP contribution is -2.36. The van der Waals surface area contributed by atoms with Crippen molar-refractivity contribution in [2.75, 3.05) is 0 Å². The smallest absolute Gasteiger partial charge is 0.352 e. The molecule has 0 bridgehead atoms. The molecule has 0 unspecified atom stereocenters. The van der Waals surface area contributed by atoms with Crippen LogP contribution in [0.15, 0.2) is 0 Å². The molecule has 3 N–H and O–H groups in total. The van der Waals surface area contributed by atoms with E-state index in [1.54, 1.807) is 0 Å². The van der Waals surface area contributed by atoms with E-state index in [4.69, 9.17) is 0 Å². The van der Waals surface area contributed by atoms with Crippen LogP contribution in [0.3, 0.4) is 0 Å². The molecule has 25 heavy (non-hydrogen) atoms. The lowest BCUT2D eigenvalue weighted by molar-refractivity contribution is -0.561. The monoisotopic (exact) mass is 357 g/mol. The Morgan fingerprint density at radius 1 is 0.880 bits per heavy atom. The molecule has 1 aromatic heterocycles. The summed E-state index contributed by atoms with van der Waals surface area (Å²) in [7, 11) is 0. The number of carbonyl (C=O) groups is 2. The Hall–Kier alpha value is -2.98. The summed E-state index contributed by atoms with van der Waals surface area (Å²) in [5.41, 5.74) is -4.42. The van der Waals surface area contributed by atoms with E-state index in [1.165, 1.54) is 27.7 Å². The Morgan fingerprint density at radius 2 is 1.16 bits per heavy atom. The molecule has 138 valence electrons. The highest BCUT2D eigenvalue weighted by Gasteiger charge is 2.40. The van der Waals surface area contributed by atoms with Gasteiger partial charge in [0.25, 0.3) is 0 Å². The fraction of sp³-hybridized carbons (Fsp3) is 0.571. The Labute approximate surface area is 142 Å². The van der Waals surface area contributed by atoms with Gasteiger partial charge in [-0.1, -0.05) is 0 Å². The van der Waals surface area contributed by atoms with E-state index in [0.717, 1.165) is 0 Å². The molecule has 0 fully saturated rings. The number of aromatic carboxylic acids is 2. The fourth-order valence-electron chi connectivity index (χ4n) is 2.33. The minimum atomic E-state index is -1.59. The van der Waals surface area contributed by atoms with Crippen LogP contribution in [0, 0.1) is 20.2 Å². The van der Waals surface area contributed by atoms with Crippen molar-refractivity contribution < 1.29 is 29.6 Å². The summed E-state index contributed by atoms with van der Waals surface area (Å²) >= 11 is 0. The lowest BCUT2D eigenvalue weighted by atomic mass is 9.87. The molecule has 1 rings (SSSR count). The number of carboxylic acid groups (broad SMARTS) is 2. The molecule has 0 radical (unpaired) electrons. The molecule has 0 aliphatic rings. The molecule has 0 amide bonds. The molecule has 0 aliphatic heterocycles. The normalized spacial score (nSPS) is 12.0. The molecule has 1 heterocycles. The first kappa shape index (κ1) is 20.1. The van der Waals surface area contributed by atoms with Gasteiger partial charge in [-0.3, -0.25) is 20.2 Å². The van der Waals surface area contributed by atoms with Crippen LogP contribution in [0.25, 0.3) is 0 Å². The third kappa shape index (κ3) is 4.11. The molecule has 0 saturated carbocycles. The van der Waals surface area contributed by atoms with E-state index in [0.29, 0.717) is 0 Å².